The van der Waals surface area contributed by atoms with Gasteiger partial charge in [0, 0.05) is 18.1 Å². The Morgan fingerprint density at radius 1 is 1.23 bits per heavy atom. The monoisotopic (exact) mass is 182 g/mol. The molecule has 1 atom stereocenters. The van der Waals surface area contributed by atoms with Gasteiger partial charge >= 0.3 is 0 Å². The van der Waals surface area contributed by atoms with Crippen molar-refractivity contribution in [2.45, 2.75) is 51.1 Å². The number of hydrogen-bond donors (Lipinski definition) is 1. The summed E-state index contributed by atoms with van der Waals surface area (Å²) < 4.78 is 0. The summed E-state index contributed by atoms with van der Waals surface area (Å²) in [6.07, 6.45) is 5.56. The number of hydrogen-bond acceptors (Lipinski definition) is 2. The molecule has 1 N–H and O–H groups in total. The van der Waals surface area contributed by atoms with Crippen molar-refractivity contribution in [3.63, 3.8) is 0 Å². The largest absolute Gasteiger partial charge is 0.310 e. The van der Waals surface area contributed by atoms with E-state index in [1.807, 2.05) is 0 Å². The van der Waals surface area contributed by atoms with Crippen LogP contribution in [0.15, 0.2) is 0 Å². The molecule has 0 amide bonds. The molecule has 2 nitrogen and oxygen atoms in total. The molecular weight excluding hydrogens is 160 g/mol. The normalized spacial score (nSPS) is 36.2. The molecule has 0 aromatic heterocycles. The third-order valence-electron chi connectivity index (χ3n) is 3.67. The number of rotatable bonds is 1. The van der Waals surface area contributed by atoms with E-state index in [1.54, 1.807) is 0 Å². The minimum absolute atomic E-state index is 0.502. The topological polar surface area (TPSA) is 15.3 Å². The summed E-state index contributed by atoms with van der Waals surface area (Å²) >= 11 is 0. The summed E-state index contributed by atoms with van der Waals surface area (Å²) in [5.74, 6) is 0. The fraction of sp³-hybridized carbons (Fsp3) is 1.00. The Hall–Kier alpha value is -0.0800. The summed E-state index contributed by atoms with van der Waals surface area (Å²) in [6.45, 7) is 8.46. The van der Waals surface area contributed by atoms with E-state index in [2.05, 4.69) is 24.1 Å². The van der Waals surface area contributed by atoms with E-state index in [-0.39, 0.29) is 0 Å². The molecule has 0 radical (unpaired) electrons. The summed E-state index contributed by atoms with van der Waals surface area (Å²) in [6, 6.07) is 0.722. The maximum Gasteiger partial charge on any atom is 0.0309 e. The van der Waals surface area contributed by atoms with Gasteiger partial charge in [-0.1, -0.05) is 0 Å². The fourth-order valence-electron chi connectivity index (χ4n) is 2.83. The minimum Gasteiger partial charge on any atom is -0.310 e. The first-order chi connectivity index (χ1) is 6.22. The molecule has 0 aromatic carbocycles. The van der Waals surface area contributed by atoms with Gasteiger partial charge in [0.2, 0.25) is 0 Å². The van der Waals surface area contributed by atoms with Crippen molar-refractivity contribution in [3.05, 3.63) is 0 Å². The van der Waals surface area contributed by atoms with E-state index in [0.717, 1.165) is 6.04 Å². The molecular formula is C11H22N2. The Balaban J connectivity index is 1.98. The lowest BCUT2D eigenvalue weighted by Crippen LogP contribution is -2.55. The van der Waals surface area contributed by atoms with Crippen LogP contribution >= 0.6 is 0 Å². The Kier molecular flexibility index (Phi) is 2.61. The second kappa shape index (κ2) is 3.58. The van der Waals surface area contributed by atoms with Gasteiger partial charge in [0.05, 0.1) is 0 Å². The first kappa shape index (κ1) is 9.47. The van der Waals surface area contributed by atoms with Crippen LogP contribution in [0.25, 0.3) is 0 Å². The maximum atomic E-state index is 3.72. The number of likely N-dealkylation sites (tertiary alicyclic amines) is 1. The summed E-state index contributed by atoms with van der Waals surface area (Å²) in [5, 5.41) is 3.72. The Labute approximate surface area is 81.7 Å². The van der Waals surface area contributed by atoms with Crippen molar-refractivity contribution in [2.24, 2.45) is 0 Å². The van der Waals surface area contributed by atoms with Crippen LogP contribution in [0.2, 0.25) is 0 Å². The molecule has 2 heterocycles. The minimum atomic E-state index is 0.502. The lowest BCUT2D eigenvalue weighted by molar-refractivity contribution is 0.107. The van der Waals surface area contributed by atoms with E-state index in [4.69, 9.17) is 0 Å². The third-order valence-corrected chi connectivity index (χ3v) is 3.67. The highest BCUT2D eigenvalue weighted by Crippen LogP contribution is 2.30. The van der Waals surface area contributed by atoms with Crippen LogP contribution < -0.4 is 5.32 Å². The molecule has 76 valence electrons. The van der Waals surface area contributed by atoms with E-state index in [0.29, 0.717) is 5.54 Å². The first-order valence-corrected chi connectivity index (χ1v) is 5.71. The van der Waals surface area contributed by atoms with E-state index < -0.39 is 0 Å². The van der Waals surface area contributed by atoms with Crippen molar-refractivity contribution >= 4 is 0 Å². The summed E-state index contributed by atoms with van der Waals surface area (Å²) in [5.41, 5.74) is 0.502. The summed E-state index contributed by atoms with van der Waals surface area (Å²) in [7, 11) is 0. The van der Waals surface area contributed by atoms with Crippen molar-refractivity contribution < 1.29 is 0 Å². The first-order valence-electron chi connectivity index (χ1n) is 5.71. The highest BCUT2D eigenvalue weighted by molar-refractivity contribution is 4.98. The molecule has 0 saturated carbocycles. The lowest BCUT2D eigenvalue weighted by atomic mass is 9.87. The summed E-state index contributed by atoms with van der Waals surface area (Å²) in [4.78, 5) is 2.63. The molecule has 0 bridgehead atoms. The highest BCUT2D eigenvalue weighted by Gasteiger charge is 2.37. The van der Waals surface area contributed by atoms with Gasteiger partial charge in [-0.2, -0.15) is 0 Å². The number of nitrogens with zero attached hydrogens (tertiary/aromatic N) is 1. The molecule has 2 fully saturated rings. The Morgan fingerprint density at radius 2 is 2.00 bits per heavy atom. The third kappa shape index (κ3) is 1.89. The van der Waals surface area contributed by atoms with Crippen LogP contribution in [0.3, 0.4) is 0 Å². The Bertz CT molecular complexity index is 171. The van der Waals surface area contributed by atoms with Crippen molar-refractivity contribution in [1.82, 2.24) is 10.2 Å². The molecule has 0 aliphatic carbocycles. The van der Waals surface area contributed by atoms with Crippen LogP contribution in [0.5, 0.6) is 0 Å². The molecule has 1 spiro atoms. The molecule has 13 heavy (non-hydrogen) atoms. The molecule has 2 saturated heterocycles. The van der Waals surface area contributed by atoms with Crippen LogP contribution in [-0.4, -0.2) is 36.1 Å². The highest BCUT2D eigenvalue weighted by atomic mass is 15.2. The molecule has 2 heteroatoms. The van der Waals surface area contributed by atoms with E-state index >= 15 is 0 Å². The van der Waals surface area contributed by atoms with Gasteiger partial charge in [-0.3, -0.25) is 4.90 Å². The zero-order chi connectivity index (χ0) is 9.31. The van der Waals surface area contributed by atoms with Crippen molar-refractivity contribution in [2.75, 3.05) is 19.6 Å². The molecule has 0 aromatic rings. The molecule has 1 unspecified atom stereocenters. The Morgan fingerprint density at radius 3 is 2.62 bits per heavy atom. The predicted molar refractivity (Wildman–Crippen MR) is 55.9 cm³/mol. The molecule has 2 rings (SSSR count). The van der Waals surface area contributed by atoms with Crippen LogP contribution in [0.4, 0.5) is 0 Å². The van der Waals surface area contributed by atoms with Gasteiger partial charge in [-0.15, -0.1) is 0 Å². The lowest BCUT2D eigenvalue weighted by Gasteiger charge is -2.42. The van der Waals surface area contributed by atoms with Gasteiger partial charge < -0.3 is 5.32 Å². The number of piperidine rings is 1. The SMILES string of the molecule is CC(C)N1CCCC2(CCCN2)C1. The van der Waals surface area contributed by atoms with Crippen molar-refractivity contribution in [1.29, 1.82) is 0 Å². The van der Waals surface area contributed by atoms with E-state index in [9.17, 15) is 0 Å². The average Bonchev–Trinajstić information content (AvgIpc) is 2.53. The van der Waals surface area contributed by atoms with Crippen LogP contribution in [0.1, 0.15) is 39.5 Å². The predicted octanol–water partition coefficient (Wildman–Crippen LogP) is 1.61. The quantitative estimate of drug-likeness (QED) is 0.663. The molecule has 2 aliphatic heterocycles. The van der Waals surface area contributed by atoms with Crippen LogP contribution in [-0.2, 0) is 0 Å². The van der Waals surface area contributed by atoms with Gasteiger partial charge in [0.1, 0.15) is 0 Å². The molecule has 2 aliphatic rings. The van der Waals surface area contributed by atoms with Crippen molar-refractivity contribution in [3.8, 4) is 0 Å². The fourth-order valence-corrected chi connectivity index (χ4v) is 2.83. The van der Waals surface area contributed by atoms with Gasteiger partial charge in [-0.05, 0) is 52.6 Å². The maximum absolute atomic E-state index is 3.72. The standard InChI is InChI=1S/C11H22N2/c1-10(2)13-8-4-6-11(9-13)5-3-7-12-11/h10,12H,3-9H2,1-2H3. The zero-order valence-electron chi connectivity index (χ0n) is 8.97. The van der Waals surface area contributed by atoms with E-state index in [1.165, 1.54) is 45.3 Å². The van der Waals surface area contributed by atoms with Gasteiger partial charge in [-0.25, -0.2) is 0 Å². The van der Waals surface area contributed by atoms with Gasteiger partial charge in [0.15, 0.2) is 0 Å². The zero-order valence-corrected chi connectivity index (χ0v) is 8.97. The van der Waals surface area contributed by atoms with Crippen LogP contribution in [0, 0.1) is 0 Å². The second-order valence-electron chi connectivity index (χ2n) is 4.98. The average molecular weight is 182 g/mol. The smallest absolute Gasteiger partial charge is 0.0309 e. The number of nitrogens with one attached hydrogen (secondary N) is 1. The van der Waals surface area contributed by atoms with Gasteiger partial charge in [0.25, 0.3) is 0 Å². The second-order valence-corrected chi connectivity index (χ2v) is 4.98.